The molecule has 3 aromatic heterocycles. The Morgan fingerprint density at radius 2 is 1.72 bits per heavy atom. The van der Waals surface area contributed by atoms with Crippen LogP contribution >= 0.6 is 0 Å². The fourth-order valence-corrected chi connectivity index (χ4v) is 3.94. The SMILES string of the molecule is Nc1cn[nH]c(=O)c1C(F)(F)F.Nc1nc(-c2cc3ccn(CCCCCOC(F)F)c(=O)c3cc2F)ccc1C(F)F. The van der Waals surface area contributed by atoms with Gasteiger partial charge < -0.3 is 20.8 Å². The molecule has 0 atom stereocenters. The van der Waals surface area contributed by atoms with Crippen molar-refractivity contribution < 1.29 is 39.9 Å². The molecular formula is C26H24F8N6O3. The minimum atomic E-state index is -4.74. The Morgan fingerprint density at radius 3 is 2.30 bits per heavy atom. The van der Waals surface area contributed by atoms with E-state index in [0.29, 0.717) is 31.2 Å². The van der Waals surface area contributed by atoms with Crippen molar-refractivity contribution in [2.75, 3.05) is 18.1 Å². The molecule has 0 saturated heterocycles. The molecule has 0 aliphatic rings. The third-order valence-corrected chi connectivity index (χ3v) is 5.99. The quantitative estimate of drug-likeness (QED) is 0.166. The molecule has 0 saturated carbocycles. The van der Waals surface area contributed by atoms with Crippen molar-refractivity contribution >= 4 is 22.3 Å². The first-order chi connectivity index (χ1) is 20.2. The number of halogens is 8. The summed E-state index contributed by atoms with van der Waals surface area (Å²) in [4.78, 5) is 27.1. The molecule has 0 unspecified atom stereocenters. The summed E-state index contributed by atoms with van der Waals surface area (Å²) in [7, 11) is 0. The van der Waals surface area contributed by atoms with Crippen LogP contribution in [0.2, 0.25) is 0 Å². The molecule has 0 amide bonds. The van der Waals surface area contributed by atoms with Crippen LogP contribution in [0.25, 0.3) is 22.0 Å². The predicted molar refractivity (Wildman–Crippen MR) is 141 cm³/mol. The number of aromatic nitrogens is 4. The number of nitrogens with zero attached hydrogens (tertiary/aromatic N) is 3. The fraction of sp³-hybridized carbons (Fsp3) is 0.308. The molecule has 1 aromatic carbocycles. The van der Waals surface area contributed by atoms with Crippen molar-refractivity contribution in [3.63, 3.8) is 0 Å². The van der Waals surface area contributed by atoms with E-state index in [1.165, 1.54) is 16.7 Å². The standard InChI is InChI=1S/C21H20F5N3O2.C5H4F3N3O/c22-16-11-14-12(10-15(16)17-5-4-13(18(23)24)19(27)28-17)6-8-29(20(14)30)7-2-1-3-9-31-21(25)26;6-5(7,8)3-2(9)1-10-11-4(3)12/h4-6,8,10-11,18,21H,1-3,7,9H2,(H2,27,28);1H,(H3,9,11,12). The van der Waals surface area contributed by atoms with Crippen LogP contribution in [-0.4, -0.2) is 33.0 Å². The van der Waals surface area contributed by atoms with E-state index in [0.717, 1.165) is 18.3 Å². The zero-order chi connectivity index (χ0) is 31.9. The summed E-state index contributed by atoms with van der Waals surface area (Å²) in [5, 5.41) is 5.35. The number of hydrogen-bond acceptors (Lipinski definition) is 7. The van der Waals surface area contributed by atoms with Crippen molar-refractivity contribution in [2.45, 2.75) is 45.0 Å². The number of nitrogens with two attached hydrogens (primary N) is 2. The largest absolute Gasteiger partial charge is 0.423 e. The number of rotatable bonds is 9. The van der Waals surface area contributed by atoms with Crippen LogP contribution in [0, 0.1) is 5.82 Å². The number of fused-ring (bicyclic) bond motifs is 1. The molecule has 5 N–H and O–H groups in total. The number of unbranched alkanes of at least 4 members (excludes halogenated alkanes) is 2. The number of aromatic amines is 1. The van der Waals surface area contributed by atoms with Gasteiger partial charge in [-0.15, -0.1) is 0 Å². The van der Waals surface area contributed by atoms with Crippen LogP contribution in [0.3, 0.4) is 0 Å². The van der Waals surface area contributed by atoms with Gasteiger partial charge in [-0.3, -0.25) is 9.59 Å². The topological polar surface area (TPSA) is 142 Å². The van der Waals surface area contributed by atoms with Crippen LogP contribution in [0.1, 0.15) is 36.8 Å². The van der Waals surface area contributed by atoms with Gasteiger partial charge in [0.05, 0.1) is 35.1 Å². The Hall–Kier alpha value is -4.54. The van der Waals surface area contributed by atoms with Crippen molar-refractivity contribution in [2.24, 2.45) is 0 Å². The number of H-pyrrole nitrogens is 1. The minimum Gasteiger partial charge on any atom is -0.397 e. The van der Waals surface area contributed by atoms with Gasteiger partial charge >= 0.3 is 12.8 Å². The van der Waals surface area contributed by atoms with Gasteiger partial charge in [-0.1, -0.05) is 0 Å². The lowest BCUT2D eigenvalue weighted by atomic mass is 10.0. The summed E-state index contributed by atoms with van der Waals surface area (Å²) >= 11 is 0. The fourth-order valence-electron chi connectivity index (χ4n) is 3.94. The Morgan fingerprint density at radius 1 is 1.00 bits per heavy atom. The van der Waals surface area contributed by atoms with E-state index in [-0.39, 0.29) is 29.1 Å². The van der Waals surface area contributed by atoms with Gasteiger partial charge in [0.1, 0.15) is 17.2 Å². The van der Waals surface area contributed by atoms with Gasteiger partial charge in [0, 0.05) is 18.3 Å². The molecule has 43 heavy (non-hydrogen) atoms. The average molecular weight is 621 g/mol. The Bertz CT molecular complexity index is 1670. The maximum absolute atomic E-state index is 14.7. The van der Waals surface area contributed by atoms with E-state index < -0.39 is 53.0 Å². The third kappa shape index (κ3) is 8.50. The lowest BCUT2D eigenvalue weighted by molar-refractivity contribution is -0.138. The van der Waals surface area contributed by atoms with E-state index in [1.807, 2.05) is 0 Å². The summed E-state index contributed by atoms with van der Waals surface area (Å²) in [6.07, 6.45) is -3.64. The second-order valence-electron chi connectivity index (χ2n) is 8.92. The molecule has 0 spiro atoms. The van der Waals surface area contributed by atoms with Crippen LogP contribution in [-0.2, 0) is 17.5 Å². The third-order valence-electron chi connectivity index (χ3n) is 5.99. The van der Waals surface area contributed by atoms with Gasteiger partial charge in [0.15, 0.2) is 0 Å². The Kier molecular flexibility index (Phi) is 10.8. The number of anilines is 2. The molecule has 232 valence electrons. The lowest BCUT2D eigenvalue weighted by Gasteiger charge is -2.11. The summed E-state index contributed by atoms with van der Waals surface area (Å²) in [5.41, 5.74) is 6.33. The highest BCUT2D eigenvalue weighted by molar-refractivity contribution is 5.86. The molecule has 0 aliphatic carbocycles. The molecule has 0 radical (unpaired) electrons. The molecule has 4 aromatic rings. The summed E-state index contributed by atoms with van der Waals surface area (Å²) in [6, 6.07) is 6.48. The summed E-state index contributed by atoms with van der Waals surface area (Å²) < 4.78 is 106. The normalized spacial score (nSPS) is 11.7. The van der Waals surface area contributed by atoms with Gasteiger partial charge in [0.2, 0.25) is 0 Å². The lowest BCUT2D eigenvalue weighted by Crippen LogP contribution is -2.24. The smallest absolute Gasteiger partial charge is 0.397 e. The maximum atomic E-state index is 14.7. The number of pyridine rings is 2. The minimum absolute atomic E-state index is 0.0381. The number of aryl methyl sites for hydroxylation is 1. The van der Waals surface area contributed by atoms with Crippen molar-refractivity contribution in [1.29, 1.82) is 0 Å². The van der Waals surface area contributed by atoms with E-state index >= 15 is 0 Å². The Labute approximate surface area is 237 Å². The van der Waals surface area contributed by atoms with Crippen LogP contribution in [0.5, 0.6) is 0 Å². The molecular weight excluding hydrogens is 596 g/mol. The molecule has 0 aliphatic heterocycles. The molecule has 0 fully saturated rings. The first-order valence-corrected chi connectivity index (χ1v) is 12.4. The molecule has 4 rings (SSSR count). The number of nitrogen functional groups attached to an aromatic ring is 2. The van der Waals surface area contributed by atoms with Crippen molar-refractivity contribution in [3.8, 4) is 11.3 Å². The van der Waals surface area contributed by atoms with E-state index in [1.54, 1.807) is 17.4 Å². The second kappa shape index (κ2) is 14.1. The average Bonchev–Trinajstić information content (AvgIpc) is 2.91. The molecule has 9 nitrogen and oxygen atoms in total. The highest BCUT2D eigenvalue weighted by Gasteiger charge is 2.36. The number of hydrogen-bond donors (Lipinski definition) is 3. The van der Waals surface area contributed by atoms with E-state index in [2.05, 4.69) is 14.8 Å². The highest BCUT2D eigenvalue weighted by atomic mass is 19.4. The summed E-state index contributed by atoms with van der Waals surface area (Å²) in [6.45, 7) is -2.51. The van der Waals surface area contributed by atoms with Crippen LogP contribution < -0.4 is 22.6 Å². The van der Waals surface area contributed by atoms with Crippen molar-refractivity contribution in [3.05, 3.63) is 80.4 Å². The maximum Gasteiger partial charge on any atom is 0.423 e. The zero-order valence-electron chi connectivity index (χ0n) is 22.0. The predicted octanol–water partition coefficient (Wildman–Crippen LogP) is 5.50. The van der Waals surface area contributed by atoms with Gasteiger partial charge in [-0.2, -0.15) is 27.1 Å². The molecule has 3 heterocycles. The number of alkyl halides is 7. The van der Waals surface area contributed by atoms with Gasteiger partial charge in [0.25, 0.3) is 17.5 Å². The highest BCUT2D eigenvalue weighted by Crippen LogP contribution is 2.31. The molecule has 17 heteroatoms. The van der Waals surface area contributed by atoms with E-state index in [4.69, 9.17) is 11.5 Å². The zero-order valence-corrected chi connectivity index (χ0v) is 22.0. The second-order valence-corrected chi connectivity index (χ2v) is 8.92. The number of ether oxygens (including phenoxy) is 1. The first kappa shape index (κ1) is 33.0. The van der Waals surface area contributed by atoms with Crippen molar-refractivity contribution in [1.82, 2.24) is 19.7 Å². The van der Waals surface area contributed by atoms with Gasteiger partial charge in [-0.25, -0.2) is 23.3 Å². The number of benzene rings is 1. The van der Waals surface area contributed by atoms with Crippen LogP contribution in [0.4, 0.5) is 46.6 Å². The van der Waals surface area contributed by atoms with E-state index in [9.17, 15) is 44.7 Å². The first-order valence-electron chi connectivity index (χ1n) is 12.4. The Balaban J connectivity index is 0.000000353. The van der Waals surface area contributed by atoms with Crippen LogP contribution in [0.15, 0.2) is 52.3 Å². The number of nitrogens with one attached hydrogen (secondary N) is 1. The monoisotopic (exact) mass is 620 g/mol. The molecule has 0 bridgehead atoms. The van der Waals surface area contributed by atoms with Gasteiger partial charge in [-0.05, 0) is 55.0 Å². The summed E-state index contributed by atoms with van der Waals surface area (Å²) in [5.74, 6) is -1.12.